The number of anilines is 1. The molecule has 3 rings (SSSR count). The third kappa shape index (κ3) is 3.25. The summed E-state index contributed by atoms with van der Waals surface area (Å²) >= 11 is 0. The third-order valence-corrected chi connectivity index (χ3v) is 4.11. The monoisotopic (exact) mass is 316 g/mol. The maximum Gasteiger partial charge on any atom is 0.226 e. The zero-order chi connectivity index (χ0) is 16.4. The predicted octanol–water partition coefficient (Wildman–Crippen LogP) is 3.41. The Balaban J connectivity index is 1.96. The SMILES string of the molecule is CC(C)C(=O)Nc1ccc(F)c(-c2nnc3n2CCCCC3)c1. The molecule has 1 aliphatic rings. The van der Waals surface area contributed by atoms with Gasteiger partial charge in [-0.1, -0.05) is 20.3 Å². The highest BCUT2D eigenvalue weighted by atomic mass is 19.1. The van der Waals surface area contributed by atoms with Crippen LogP contribution in [0.5, 0.6) is 0 Å². The molecule has 1 aromatic heterocycles. The third-order valence-electron chi connectivity index (χ3n) is 4.11. The Morgan fingerprint density at radius 3 is 2.87 bits per heavy atom. The van der Waals surface area contributed by atoms with Crippen molar-refractivity contribution in [3.8, 4) is 11.4 Å². The number of hydrogen-bond acceptors (Lipinski definition) is 3. The lowest BCUT2D eigenvalue weighted by atomic mass is 10.1. The standard InChI is InChI=1S/C17H21FN4O/c1-11(2)17(23)19-12-7-8-14(18)13(10-12)16-21-20-15-6-4-3-5-9-22(15)16/h7-8,10-11H,3-6,9H2,1-2H3,(H,19,23). The highest BCUT2D eigenvalue weighted by molar-refractivity contribution is 5.92. The van der Waals surface area contributed by atoms with Gasteiger partial charge in [0.2, 0.25) is 5.91 Å². The molecule has 0 aliphatic carbocycles. The number of rotatable bonds is 3. The predicted molar refractivity (Wildman–Crippen MR) is 86.4 cm³/mol. The first-order chi connectivity index (χ1) is 11.1. The van der Waals surface area contributed by atoms with Gasteiger partial charge in [-0.2, -0.15) is 0 Å². The molecule has 0 saturated heterocycles. The Morgan fingerprint density at radius 2 is 2.09 bits per heavy atom. The van der Waals surface area contributed by atoms with Crippen LogP contribution in [0, 0.1) is 11.7 Å². The minimum Gasteiger partial charge on any atom is -0.326 e. The van der Waals surface area contributed by atoms with Crippen LogP contribution in [0.3, 0.4) is 0 Å². The van der Waals surface area contributed by atoms with Crippen LogP contribution in [-0.4, -0.2) is 20.7 Å². The van der Waals surface area contributed by atoms with E-state index in [9.17, 15) is 9.18 Å². The van der Waals surface area contributed by atoms with Gasteiger partial charge < -0.3 is 9.88 Å². The van der Waals surface area contributed by atoms with E-state index in [0.717, 1.165) is 38.1 Å². The lowest BCUT2D eigenvalue weighted by Crippen LogP contribution is -2.17. The van der Waals surface area contributed by atoms with Crippen LogP contribution in [0.2, 0.25) is 0 Å². The maximum absolute atomic E-state index is 14.3. The van der Waals surface area contributed by atoms with E-state index < -0.39 is 0 Å². The van der Waals surface area contributed by atoms with E-state index in [0.29, 0.717) is 17.1 Å². The van der Waals surface area contributed by atoms with Gasteiger partial charge in [0.15, 0.2) is 5.82 Å². The van der Waals surface area contributed by atoms with E-state index in [1.165, 1.54) is 6.07 Å². The number of nitrogens with zero attached hydrogens (tertiary/aromatic N) is 3. The van der Waals surface area contributed by atoms with Crippen LogP contribution in [0.15, 0.2) is 18.2 Å². The molecular weight excluding hydrogens is 295 g/mol. The lowest BCUT2D eigenvalue weighted by molar-refractivity contribution is -0.118. The Labute approximate surface area is 134 Å². The summed E-state index contributed by atoms with van der Waals surface area (Å²) in [4.78, 5) is 11.8. The average Bonchev–Trinajstić information content (AvgIpc) is 2.77. The minimum absolute atomic E-state index is 0.0948. The summed E-state index contributed by atoms with van der Waals surface area (Å²) in [6, 6.07) is 4.57. The highest BCUT2D eigenvalue weighted by Crippen LogP contribution is 2.27. The maximum atomic E-state index is 14.3. The molecule has 23 heavy (non-hydrogen) atoms. The normalized spacial score (nSPS) is 14.4. The molecule has 5 nitrogen and oxygen atoms in total. The second-order valence-electron chi connectivity index (χ2n) is 6.24. The van der Waals surface area contributed by atoms with Gasteiger partial charge in [-0.3, -0.25) is 4.79 Å². The molecular formula is C17H21FN4O. The van der Waals surface area contributed by atoms with Gasteiger partial charge in [-0.05, 0) is 31.0 Å². The van der Waals surface area contributed by atoms with Crippen molar-refractivity contribution in [1.29, 1.82) is 0 Å². The number of benzene rings is 1. The molecule has 0 radical (unpaired) electrons. The molecule has 1 aromatic carbocycles. The molecule has 1 N–H and O–H groups in total. The Bertz CT molecular complexity index is 723. The van der Waals surface area contributed by atoms with Crippen molar-refractivity contribution in [3.05, 3.63) is 29.8 Å². The molecule has 0 saturated carbocycles. The van der Waals surface area contributed by atoms with Crippen molar-refractivity contribution in [3.63, 3.8) is 0 Å². The molecule has 1 amide bonds. The van der Waals surface area contributed by atoms with Gasteiger partial charge in [0, 0.05) is 24.6 Å². The topological polar surface area (TPSA) is 59.8 Å². The molecule has 0 unspecified atom stereocenters. The van der Waals surface area contributed by atoms with E-state index in [4.69, 9.17) is 0 Å². The Morgan fingerprint density at radius 1 is 1.26 bits per heavy atom. The summed E-state index contributed by atoms with van der Waals surface area (Å²) in [6.07, 6.45) is 4.16. The number of aromatic nitrogens is 3. The van der Waals surface area contributed by atoms with Crippen molar-refractivity contribution in [2.75, 3.05) is 5.32 Å². The van der Waals surface area contributed by atoms with Crippen LogP contribution >= 0.6 is 0 Å². The first-order valence-electron chi connectivity index (χ1n) is 8.09. The summed E-state index contributed by atoms with van der Waals surface area (Å²) in [7, 11) is 0. The minimum atomic E-state index is -0.355. The number of hydrogen-bond donors (Lipinski definition) is 1. The number of fused-ring (bicyclic) bond motifs is 1. The number of aryl methyl sites for hydroxylation is 1. The highest BCUT2D eigenvalue weighted by Gasteiger charge is 2.19. The smallest absolute Gasteiger partial charge is 0.226 e. The second kappa shape index (κ2) is 6.48. The molecule has 2 heterocycles. The number of carbonyl (C=O) groups excluding carboxylic acids is 1. The Kier molecular flexibility index (Phi) is 4.41. The summed E-state index contributed by atoms with van der Waals surface area (Å²) < 4.78 is 16.3. The van der Waals surface area contributed by atoms with Crippen LogP contribution < -0.4 is 5.32 Å². The van der Waals surface area contributed by atoms with E-state index in [1.807, 2.05) is 18.4 Å². The zero-order valence-electron chi connectivity index (χ0n) is 13.5. The molecule has 0 atom stereocenters. The first kappa shape index (κ1) is 15.6. The van der Waals surface area contributed by atoms with Crippen LogP contribution in [0.25, 0.3) is 11.4 Å². The van der Waals surface area contributed by atoms with Gasteiger partial charge in [-0.25, -0.2) is 4.39 Å². The number of carbonyl (C=O) groups is 1. The molecule has 122 valence electrons. The first-order valence-corrected chi connectivity index (χ1v) is 8.09. The van der Waals surface area contributed by atoms with E-state index >= 15 is 0 Å². The van der Waals surface area contributed by atoms with Gasteiger partial charge in [-0.15, -0.1) is 10.2 Å². The largest absolute Gasteiger partial charge is 0.326 e. The molecule has 0 spiro atoms. The summed E-state index contributed by atoms with van der Waals surface area (Å²) in [5.41, 5.74) is 0.957. The van der Waals surface area contributed by atoms with Crippen LogP contribution in [-0.2, 0) is 17.8 Å². The average molecular weight is 316 g/mol. The summed E-state index contributed by atoms with van der Waals surface area (Å²) in [6.45, 7) is 4.44. The fraction of sp³-hybridized carbons (Fsp3) is 0.471. The summed E-state index contributed by atoms with van der Waals surface area (Å²) in [5, 5.41) is 11.2. The van der Waals surface area contributed by atoms with Crippen molar-refractivity contribution >= 4 is 11.6 Å². The number of nitrogens with one attached hydrogen (secondary N) is 1. The van der Waals surface area contributed by atoms with Gasteiger partial charge >= 0.3 is 0 Å². The van der Waals surface area contributed by atoms with Gasteiger partial charge in [0.1, 0.15) is 11.6 Å². The van der Waals surface area contributed by atoms with E-state index in [1.54, 1.807) is 12.1 Å². The van der Waals surface area contributed by atoms with Gasteiger partial charge in [0.25, 0.3) is 0 Å². The molecule has 1 aliphatic heterocycles. The number of amides is 1. The van der Waals surface area contributed by atoms with E-state index in [-0.39, 0.29) is 17.6 Å². The van der Waals surface area contributed by atoms with Crippen molar-refractivity contribution in [2.45, 2.75) is 46.1 Å². The molecule has 6 heteroatoms. The van der Waals surface area contributed by atoms with Gasteiger partial charge in [0.05, 0.1) is 5.56 Å². The molecule has 0 fully saturated rings. The van der Waals surface area contributed by atoms with Crippen molar-refractivity contribution < 1.29 is 9.18 Å². The quantitative estimate of drug-likeness (QED) is 0.944. The zero-order valence-corrected chi connectivity index (χ0v) is 13.5. The van der Waals surface area contributed by atoms with Crippen LogP contribution in [0.1, 0.15) is 38.9 Å². The second-order valence-corrected chi connectivity index (χ2v) is 6.24. The van der Waals surface area contributed by atoms with Crippen molar-refractivity contribution in [2.24, 2.45) is 5.92 Å². The lowest BCUT2D eigenvalue weighted by Gasteiger charge is -2.11. The van der Waals surface area contributed by atoms with E-state index in [2.05, 4.69) is 15.5 Å². The molecule has 2 aromatic rings. The van der Waals surface area contributed by atoms with Crippen molar-refractivity contribution in [1.82, 2.24) is 14.8 Å². The summed E-state index contributed by atoms with van der Waals surface area (Å²) in [5.74, 6) is 0.871. The van der Waals surface area contributed by atoms with Crippen LogP contribution in [0.4, 0.5) is 10.1 Å². The number of halogens is 1. The Hall–Kier alpha value is -2.24. The molecule has 0 bridgehead atoms. The fourth-order valence-corrected chi connectivity index (χ4v) is 2.75. The fourth-order valence-electron chi connectivity index (χ4n) is 2.75.